The summed E-state index contributed by atoms with van der Waals surface area (Å²) in [6, 6.07) is 0.799. The van der Waals surface area contributed by atoms with Crippen LogP contribution in [0.2, 0.25) is 0 Å². The van der Waals surface area contributed by atoms with Crippen LogP contribution in [-0.4, -0.2) is 49.1 Å². The molecule has 0 aliphatic carbocycles. The summed E-state index contributed by atoms with van der Waals surface area (Å²) in [6.45, 7) is 6.11. The van der Waals surface area contributed by atoms with Gasteiger partial charge in [0.25, 0.3) is 0 Å². The molecule has 2 nitrogen and oxygen atoms in total. The molecule has 1 aliphatic heterocycles. The highest BCUT2D eigenvalue weighted by Crippen LogP contribution is 2.15. The maximum Gasteiger partial charge on any atom is 0.0158 e. The van der Waals surface area contributed by atoms with Crippen molar-refractivity contribution in [1.82, 2.24) is 10.2 Å². The van der Waals surface area contributed by atoms with E-state index in [-0.39, 0.29) is 0 Å². The van der Waals surface area contributed by atoms with E-state index in [0.717, 1.165) is 12.6 Å². The van der Waals surface area contributed by atoms with Crippen LogP contribution in [0.1, 0.15) is 19.8 Å². The molecule has 0 amide bonds. The minimum atomic E-state index is 0.799. The van der Waals surface area contributed by atoms with Gasteiger partial charge in [-0.25, -0.2) is 0 Å². The van der Waals surface area contributed by atoms with Crippen LogP contribution in [0.5, 0.6) is 0 Å². The summed E-state index contributed by atoms with van der Waals surface area (Å²) >= 11 is 2.10. The second-order valence-corrected chi connectivity index (χ2v) is 4.92. The molecule has 1 saturated heterocycles. The standard InChI is InChI=1S/C10H22N2S/c1-10-9-13-8-7-12(10)6-4-3-5-11-2/h10-11H,3-9H2,1-2H3. The molecular weight excluding hydrogens is 180 g/mol. The Kier molecular flexibility index (Phi) is 5.83. The van der Waals surface area contributed by atoms with E-state index < -0.39 is 0 Å². The Morgan fingerprint density at radius 2 is 2.31 bits per heavy atom. The summed E-state index contributed by atoms with van der Waals surface area (Å²) in [5, 5.41) is 3.19. The molecule has 1 N–H and O–H groups in total. The molecule has 1 fully saturated rings. The molecule has 1 atom stereocenters. The van der Waals surface area contributed by atoms with Gasteiger partial charge in [-0.3, -0.25) is 4.90 Å². The van der Waals surface area contributed by atoms with Crippen LogP contribution < -0.4 is 5.32 Å². The van der Waals surface area contributed by atoms with Crippen LogP contribution >= 0.6 is 11.8 Å². The molecule has 1 heterocycles. The monoisotopic (exact) mass is 202 g/mol. The van der Waals surface area contributed by atoms with Gasteiger partial charge >= 0.3 is 0 Å². The summed E-state index contributed by atoms with van der Waals surface area (Å²) in [5.41, 5.74) is 0. The zero-order valence-corrected chi connectivity index (χ0v) is 9.70. The van der Waals surface area contributed by atoms with Crippen LogP contribution in [0.15, 0.2) is 0 Å². The van der Waals surface area contributed by atoms with Crippen LogP contribution in [0.3, 0.4) is 0 Å². The van der Waals surface area contributed by atoms with Gasteiger partial charge < -0.3 is 5.32 Å². The molecule has 13 heavy (non-hydrogen) atoms. The lowest BCUT2D eigenvalue weighted by Crippen LogP contribution is -2.40. The number of nitrogens with one attached hydrogen (secondary N) is 1. The Bertz CT molecular complexity index is 130. The van der Waals surface area contributed by atoms with Gasteiger partial charge in [0.1, 0.15) is 0 Å². The maximum atomic E-state index is 3.19. The first-order valence-electron chi connectivity index (χ1n) is 5.31. The first-order chi connectivity index (χ1) is 6.34. The minimum absolute atomic E-state index is 0.799. The first kappa shape index (κ1) is 11.3. The van der Waals surface area contributed by atoms with E-state index in [1.165, 1.54) is 37.4 Å². The van der Waals surface area contributed by atoms with Gasteiger partial charge in [0, 0.05) is 24.1 Å². The average Bonchev–Trinajstić information content (AvgIpc) is 2.15. The van der Waals surface area contributed by atoms with Gasteiger partial charge in [-0.1, -0.05) is 0 Å². The molecule has 78 valence electrons. The zero-order chi connectivity index (χ0) is 9.52. The molecule has 0 saturated carbocycles. The molecule has 0 aromatic heterocycles. The predicted octanol–water partition coefficient (Wildman–Crippen LogP) is 1.42. The SMILES string of the molecule is CNCCCCN1CCSCC1C. The van der Waals surface area contributed by atoms with Gasteiger partial charge in [0.2, 0.25) is 0 Å². The summed E-state index contributed by atoms with van der Waals surface area (Å²) < 4.78 is 0. The fourth-order valence-corrected chi connectivity index (χ4v) is 2.79. The number of unbranched alkanes of at least 4 members (excludes halogenated alkanes) is 1. The maximum absolute atomic E-state index is 3.19. The normalized spacial score (nSPS) is 24.9. The topological polar surface area (TPSA) is 15.3 Å². The van der Waals surface area contributed by atoms with Crippen LogP contribution in [0.25, 0.3) is 0 Å². The fraction of sp³-hybridized carbons (Fsp3) is 1.00. The van der Waals surface area contributed by atoms with E-state index in [9.17, 15) is 0 Å². The van der Waals surface area contributed by atoms with Gasteiger partial charge in [-0.15, -0.1) is 0 Å². The molecule has 1 unspecified atom stereocenters. The molecule has 0 spiro atoms. The van der Waals surface area contributed by atoms with Gasteiger partial charge in [0.05, 0.1) is 0 Å². The summed E-state index contributed by atoms with van der Waals surface area (Å²) in [6.07, 6.45) is 2.66. The molecule has 0 bridgehead atoms. The van der Waals surface area contributed by atoms with Crippen LogP contribution in [0, 0.1) is 0 Å². The van der Waals surface area contributed by atoms with E-state index in [2.05, 4.69) is 28.9 Å². The summed E-state index contributed by atoms with van der Waals surface area (Å²) in [5.74, 6) is 2.66. The summed E-state index contributed by atoms with van der Waals surface area (Å²) in [4.78, 5) is 2.63. The predicted molar refractivity (Wildman–Crippen MR) is 61.5 cm³/mol. The lowest BCUT2D eigenvalue weighted by molar-refractivity contribution is 0.228. The molecule has 0 aromatic rings. The Morgan fingerprint density at radius 1 is 1.46 bits per heavy atom. The Hall–Kier alpha value is 0.270. The Labute approximate surface area is 86.5 Å². The Morgan fingerprint density at radius 3 is 3.00 bits per heavy atom. The highest BCUT2D eigenvalue weighted by atomic mass is 32.2. The van der Waals surface area contributed by atoms with Crippen molar-refractivity contribution in [1.29, 1.82) is 0 Å². The van der Waals surface area contributed by atoms with Crippen molar-refractivity contribution in [3.63, 3.8) is 0 Å². The number of hydrogen-bond acceptors (Lipinski definition) is 3. The van der Waals surface area contributed by atoms with Gasteiger partial charge in [0.15, 0.2) is 0 Å². The third kappa shape index (κ3) is 4.34. The molecule has 1 aliphatic rings. The van der Waals surface area contributed by atoms with Crippen molar-refractivity contribution in [3.8, 4) is 0 Å². The second-order valence-electron chi connectivity index (χ2n) is 3.77. The van der Waals surface area contributed by atoms with Gasteiger partial charge in [-0.05, 0) is 39.9 Å². The molecule has 0 aromatic carbocycles. The lowest BCUT2D eigenvalue weighted by atomic mass is 10.2. The highest BCUT2D eigenvalue weighted by molar-refractivity contribution is 7.99. The van der Waals surface area contributed by atoms with E-state index in [1.54, 1.807) is 0 Å². The molecule has 1 rings (SSSR count). The first-order valence-corrected chi connectivity index (χ1v) is 6.46. The van der Waals surface area contributed by atoms with Crippen molar-refractivity contribution < 1.29 is 0 Å². The number of nitrogens with zero attached hydrogens (tertiary/aromatic N) is 1. The average molecular weight is 202 g/mol. The number of thioether (sulfide) groups is 1. The molecular formula is C10H22N2S. The quantitative estimate of drug-likeness (QED) is 0.679. The smallest absolute Gasteiger partial charge is 0.0158 e. The fourth-order valence-electron chi connectivity index (χ4n) is 1.71. The minimum Gasteiger partial charge on any atom is -0.320 e. The zero-order valence-electron chi connectivity index (χ0n) is 8.88. The third-order valence-electron chi connectivity index (χ3n) is 2.63. The van der Waals surface area contributed by atoms with Crippen molar-refractivity contribution in [3.05, 3.63) is 0 Å². The van der Waals surface area contributed by atoms with E-state index in [4.69, 9.17) is 0 Å². The number of hydrogen-bond donors (Lipinski definition) is 1. The Balaban J connectivity index is 2.05. The molecule has 3 heteroatoms. The van der Waals surface area contributed by atoms with Crippen molar-refractivity contribution in [2.24, 2.45) is 0 Å². The lowest BCUT2D eigenvalue weighted by Gasteiger charge is -2.32. The van der Waals surface area contributed by atoms with Crippen molar-refractivity contribution in [2.75, 3.05) is 38.2 Å². The van der Waals surface area contributed by atoms with E-state index >= 15 is 0 Å². The third-order valence-corrected chi connectivity index (χ3v) is 3.82. The highest BCUT2D eigenvalue weighted by Gasteiger charge is 2.17. The van der Waals surface area contributed by atoms with Crippen molar-refractivity contribution >= 4 is 11.8 Å². The summed E-state index contributed by atoms with van der Waals surface area (Å²) in [7, 11) is 2.03. The van der Waals surface area contributed by atoms with Gasteiger partial charge in [-0.2, -0.15) is 11.8 Å². The van der Waals surface area contributed by atoms with Crippen LogP contribution in [-0.2, 0) is 0 Å². The number of rotatable bonds is 5. The second kappa shape index (κ2) is 6.68. The van der Waals surface area contributed by atoms with E-state index in [0.29, 0.717) is 0 Å². The molecule has 0 radical (unpaired) electrons. The van der Waals surface area contributed by atoms with Crippen LogP contribution in [0.4, 0.5) is 0 Å². The van der Waals surface area contributed by atoms with E-state index in [1.807, 2.05) is 7.05 Å². The largest absolute Gasteiger partial charge is 0.320 e. The van der Waals surface area contributed by atoms with Crippen molar-refractivity contribution in [2.45, 2.75) is 25.8 Å².